The van der Waals surface area contributed by atoms with Crippen LogP contribution >= 0.6 is 0 Å². The average molecular weight is 447 g/mol. The summed E-state index contributed by atoms with van der Waals surface area (Å²) in [7, 11) is 0. The van der Waals surface area contributed by atoms with Crippen LogP contribution in [0.15, 0.2) is 30.5 Å². The summed E-state index contributed by atoms with van der Waals surface area (Å²) in [6.45, 7) is 1.28. The molecule has 0 saturated heterocycles. The number of carbonyl (C=O) groups is 1. The van der Waals surface area contributed by atoms with Gasteiger partial charge < -0.3 is 22.1 Å². The molecule has 1 saturated carbocycles. The molecule has 1 amide bonds. The van der Waals surface area contributed by atoms with Crippen molar-refractivity contribution in [2.45, 2.75) is 44.8 Å². The van der Waals surface area contributed by atoms with E-state index in [0.717, 1.165) is 18.9 Å². The first-order valence-electron chi connectivity index (χ1n) is 10.3. The van der Waals surface area contributed by atoms with Crippen molar-refractivity contribution in [2.75, 3.05) is 10.6 Å². The number of primary amides is 1. The van der Waals surface area contributed by atoms with Gasteiger partial charge in [0.25, 0.3) is 12.3 Å². The third kappa shape index (κ3) is 4.47. The van der Waals surface area contributed by atoms with Gasteiger partial charge >= 0.3 is 0 Å². The summed E-state index contributed by atoms with van der Waals surface area (Å²) in [5.41, 5.74) is 12.3. The van der Waals surface area contributed by atoms with Crippen molar-refractivity contribution in [1.82, 2.24) is 14.8 Å². The lowest BCUT2D eigenvalue weighted by Gasteiger charge is -2.23. The maximum absolute atomic E-state index is 14.7. The maximum atomic E-state index is 14.7. The highest BCUT2D eigenvalue weighted by Gasteiger charge is 2.34. The first kappa shape index (κ1) is 21.9. The molecule has 32 heavy (non-hydrogen) atoms. The van der Waals surface area contributed by atoms with E-state index < -0.39 is 24.7 Å². The molecule has 2 aromatic heterocycles. The summed E-state index contributed by atoms with van der Waals surface area (Å²) in [5.74, 6) is -1.27. The Kier molecular flexibility index (Phi) is 5.92. The molecule has 1 aromatic carbocycles. The molecule has 8 nitrogen and oxygen atoms in total. The molecule has 2 atom stereocenters. The first-order chi connectivity index (χ1) is 15.2. The van der Waals surface area contributed by atoms with Crippen LogP contribution in [0.4, 0.5) is 30.5 Å². The number of hydrogen-bond donors (Lipinski definition) is 4. The standard InChI is InChI=1S/C21H24F3N7O/c1-10(25)18(11-5-6-11)29-21-14(22)7-12(19(26)32)20(30-21)28-15-3-2-4-16-13(15)8-27-31(16)9-17(23)24/h2-4,7-8,10-11,17-18H,5-6,9,25H2,1H3,(H2,26,32)(H2,28,29,30)/t10-,18-/m0/s1. The van der Waals surface area contributed by atoms with E-state index in [2.05, 4.69) is 20.7 Å². The highest BCUT2D eigenvalue weighted by atomic mass is 19.3. The monoisotopic (exact) mass is 447 g/mol. The number of carbonyl (C=O) groups excluding carboxylic acids is 1. The number of aromatic nitrogens is 3. The number of halogens is 3. The summed E-state index contributed by atoms with van der Waals surface area (Å²) < 4.78 is 41.6. The Labute approximate surface area is 182 Å². The summed E-state index contributed by atoms with van der Waals surface area (Å²) in [6.07, 6.45) is 0.866. The number of anilines is 3. The smallest absolute Gasteiger partial charge is 0.257 e. The Morgan fingerprint density at radius 2 is 2.06 bits per heavy atom. The molecule has 0 unspecified atom stereocenters. The zero-order valence-electron chi connectivity index (χ0n) is 17.4. The van der Waals surface area contributed by atoms with E-state index in [-0.39, 0.29) is 29.3 Å². The van der Waals surface area contributed by atoms with Crippen molar-refractivity contribution in [3.05, 3.63) is 41.8 Å². The van der Waals surface area contributed by atoms with Gasteiger partial charge in [0.2, 0.25) is 0 Å². The third-order valence-electron chi connectivity index (χ3n) is 5.49. The molecule has 2 heterocycles. The van der Waals surface area contributed by atoms with Crippen LogP contribution in [0.2, 0.25) is 0 Å². The Balaban J connectivity index is 1.71. The summed E-state index contributed by atoms with van der Waals surface area (Å²) in [5, 5.41) is 10.6. The van der Waals surface area contributed by atoms with Crippen LogP contribution in [0.1, 0.15) is 30.1 Å². The van der Waals surface area contributed by atoms with Gasteiger partial charge in [-0.25, -0.2) is 18.2 Å². The van der Waals surface area contributed by atoms with Gasteiger partial charge in [-0.3, -0.25) is 9.48 Å². The van der Waals surface area contributed by atoms with Gasteiger partial charge in [0.1, 0.15) is 12.4 Å². The lowest BCUT2D eigenvalue weighted by molar-refractivity contribution is 0.1000. The lowest BCUT2D eigenvalue weighted by Crippen LogP contribution is -2.40. The van der Waals surface area contributed by atoms with Crippen LogP contribution in [0.3, 0.4) is 0 Å². The van der Waals surface area contributed by atoms with Crippen LogP contribution in [0.25, 0.3) is 10.9 Å². The summed E-state index contributed by atoms with van der Waals surface area (Å²) in [6, 6.07) is 5.60. The molecule has 1 fully saturated rings. The Hall–Kier alpha value is -3.34. The topological polar surface area (TPSA) is 124 Å². The number of nitrogens with zero attached hydrogens (tertiary/aromatic N) is 3. The molecular formula is C21H24F3N7O. The lowest BCUT2D eigenvalue weighted by atomic mass is 10.1. The van der Waals surface area contributed by atoms with Gasteiger partial charge in [0.05, 0.1) is 23.0 Å². The van der Waals surface area contributed by atoms with Crippen LogP contribution < -0.4 is 22.1 Å². The fourth-order valence-electron chi connectivity index (χ4n) is 3.78. The second-order valence-corrected chi connectivity index (χ2v) is 8.03. The van der Waals surface area contributed by atoms with Gasteiger partial charge in [-0.1, -0.05) is 6.07 Å². The fourth-order valence-corrected chi connectivity index (χ4v) is 3.78. The van der Waals surface area contributed by atoms with Gasteiger partial charge in [0.15, 0.2) is 11.6 Å². The van der Waals surface area contributed by atoms with E-state index in [9.17, 15) is 18.0 Å². The number of rotatable bonds is 9. The van der Waals surface area contributed by atoms with Crippen LogP contribution in [0, 0.1) is 11.7 Å². The minimum absolute atomic E-state index is 0.0368. The normalized spacial score (nSPS) is 15.7. The van der Waals surface area contributed by atoms with Crippen LogP contribution in [-0.4, -0.2) is 39.2 Å². The van der Waals surface area contributed by atoms with E-state index in [1.807, 2.05) is 6.92 Å². The molecule has 4 rings (SSSR count). The van der Waals surface area contributed by atoms with Gasteiger partial charge in [0, 0.05) is 17.5 Å². The Bertz CT molecular complexity index is 1140. The van der Waals surface area contributed by atoms with Crippen LogP contribution in [-0.2, 0) is 6.54 Å². The predicted molar refractivity (Wildman–Crippen MR) is 116 cm³/mol. The summed E-state index contributed by atoms with van der Waals surface area (Å²) >= 11 is 0. The van der Waals surface area contributed by atoms with E-state index in [0.29, 0.717) is 22.5 Å². The molecule has 0 spiro atoms. The highest BCUT2D eigenvalue weighted by molar-refractivity contribution is 6.00. The molecule has 6 N–H and O–H groups in total. The summed E-state index contributed by atoms with van der Waals surface area (Å²) in [4.78, 5) is 16.2. The number of alkyl halides is 2. The number of benzene rings is 1. The number of nitrogens with one attached hydrogen (secondary N) is 2. The second-order valence-electron chi connectivity index (χ2n) is 8.03. The molecule has 0 bridgehead atoms. The minimum atomic E-state index is -2.56. The zero-order valence-corrected chi connectivity index (χ0v) is 17.4. The average Bonchev–Trinajstić information content (AvgIpc) is 3.48. The van der Waals surface area contributed by atoms with Crippen molar-refractivity contribution in [3.8, 4) is 0 Å². The van der Waals surface area contributed by atoms with Crippen molar-refractivity contribution in [1.29, 1.82) is 0 Å². The molecular weight excluding hydrogens is 423 g/mol. The zero-order chi connectivity index (χ0) is 23.0. The largest absolute Gasteiger partial charge is 0.365 e. The number of amides is 1. The number of hydrogen-bond acceptors (Lipinski definition) is 6. The van der Waals surface area contributed by atoms with Crippen LogP contribution in [0.5, 0.6) is 0 Å². The number of nitrogens with two attached hydrogens (primary N) is 2. The first-order valence-corrected chi connectivity index (χ1v) is 10.3. The van der Waals surface area contributed by atoms with Gasteiger partial charge in [-0.15, -0.1) is 0 Å². The quantitative estimate of drug-likeness (QED) is 0.399. The van der Waals surface area contributed by atoms with E-state index in [1.165, 1.54) is 10.9 Å². The molecule has 0 radical (unpaired) electrons. The van der Waals surface area contributed by atoms with Crippen molar-refractivity contribution < 1.29 is 18.0 Å². The van der Waals surface area contributed by atoms with E-state index in [1.54, 1.807) is 18.2 Å². The van der Waals surface area contributed by atoms with E-state index in [4.69, 9.17) is 11.5 Å². The molecule has 1 aliphatic rings. The molecule has 0 aliphatic heterocycles. The number of pyridine rings is 1. The minimum Gasteiger partial charge on any atom is -0.365 e. The van der Waals surface area contributed by atoms with E-state index >= 15 is 0 Å². The second kappa shape index (κ2) is 8.65. The van der Waals surface area contributed by atoms with Crippen molar-refractivity contribution in [2.24, 2.45) is 17.4 Å². The maximum Gasteiger partial charge on any atom is 0.257 e. The molecule has 170 valence electrons. The molecule has 1 aliphatic carbocycles. The molecule has 11 heteroatoms. The Morgan fingerprint density at radius 1 is 1.31 bits per heavy atom. The highest BCUT2D eigenvalue weighted by Crippen LogP contribution is 2.36. The predicted octanol–water partition coefficient (Wildman–Crippen LogP) is 3.22. The third-order valence-corrected chi connectivity index (χ3v) is 5.49. The van der Waals surface area contributed by atoms with Gasteiger partial charge in [-0.2, -0.15) is 5.10 Å². The van der Waals surface area contributed by atoms with Crippen molar-refractivity contribution >= 4 is 34.1 Å². The van der Waals surface area contributed by atoms with Gasteiger partial charge in [-0.05, 0) is 43.9 Å². The fraction of sp³-hybridized carbons (Fsp3) is 0.381. The Morgan fingerprint density at radius 3 is 2.69 bits per heavy atom. The van der Waals surface area contributed by atoms with Crippen molar-refractivity contribution in [3.63, 3.8) is 0 Å². The SMILES string of the molecule is C[C@H](N)[C@H](Nc1nc(Nc2cccc3c2cnn3CC(F)F)c(C(N)=O)cc1F)C1CC1. The number of fused-ring (bicyclic) bond motifs is 1. The molecule has 3 aromatic rings.